The lowest BCUT2D eigenvalue weighted by Gasteiger charge is -2.28. The standard InChI is InChI=1S/C23H24Cl2N2O4/c1-3-26(4-2)10-11-27-20(14-6-5-7-16(28)12-14)19(22(30)23(27)31)21(29)15-8-9-17(24)18(25)13-15/h5-9,12-13,20,28-29H,3-4,10-11H2,1-2H3/b21-19-. The van der Waals surface area contributed by atoms with Crippen LogP contribution in [0.1, 0.15) is 31.0 Å². The first-order valence-electron chi connectivity index (χ1n) is 10.0. The third-order valence-electron chi connectivity index (χ3n) is 5.47. The normalized spacial score (nSPS) is 18.2. The van der Waals surface area contributed by atoms with Crippen molar-refractivity contribution in [1.82, 2.24) is 9.80 Å². The van der Waals surface area contributed by atoms with Crippen molar-refractivity contribution in [3.8, 4) is 5.75 Å². The lowest BCUT2D eigenvalue weighted by molar-refractivity contribution is -0.140. The fraction of sp³-hybridized carbons (Fsp3) is 0.304. The molecule has 3 rings (SSSR count). The summed E-state index contributed by atoms with van der Waals surface area (Å²) in [7, 11) is 0. The Labute approximate surface area is 191 Å². The minimum atomic E-state index is -0.836. The monoisotopic (exact) mass is 462 g/mol. The molecule has 1 aliphatic rings. The number of aliphatic hydroxyl groups is 1. The van der Waals surface area contributed by atoms with E-state index in [0.717, 1.165) is 13.1 Å². The molecule has 2 aromatic rings. The fourth-order valence-electron chi connectivity index (χ4n) is 3.74. The molecule has 1 amide bonds. The Balaban J connectivity index is 2.12. The number of nitrogens with zero attached hydrogens (tertiary/aromatic N) is 2. The zero-order valence-electron chi connectivity index (χ0n) is 17.3. The van der Waals surface area contributed by atoms with Gasteiger partial charge in [0.05, 0.1) is 21.7 Å². The molecule has 1 fully saturated rings. The minimum absolute atomic E-state index is 0.00127. The van der Waals surface area contributed by atoms with Crippen LogP contribution < -0.4 is 0 Å². The highest BCUT2D eigenvalue weighted by Crippen LogP contribution is 2.40. The molecule has 0 aromatic heterocycles. The number of aliphatic hydroxyl groups excluding tert-OH is 1. The van der Waals surface area contributed by atoms with Gasteiger partial charge in [0.15, 0.2) is 0 Å². The number of carbonyl (C=O) groups excluding carboxylic acids is 2. The number of hydrogen-bond acceptors (Lipinski definition) is 5. The van der Waals surface area contributed by atoms with Gasteiger partial charge in [0.2, 0.25) is 0 Å². The van der Waals surface area contributed by atoms with Gasteiger partial charge in [-0.2, -0.15) is 0 Å². The van der Waals surface area contributed by atoms with Crippen LogP contribution in [0.4, 0.5) is 0 Å². The molecule has 1 saturated heterocycles. The van der Waals surface area contributed by atoms with E-state index in [1.807, 2.05) is 13.8 Å². The van der Waals surface area contributed by atoms with Gasteiger partial charge in [-0.3, -0.25) is 9.59 Å². The molecule has 0 spiro atoms. The predicted octanol–water partition coefficient (Wildman–Crippen LogP) is 4.46. The van der Waals surface area contributed by atoms with E-state index in [0.29, 0.717) is 23.7 Å². The smallest absolute Gasteiger partial charge is 0.295 e. The molecule has 2 N–H and O–H groups in total. The Bertz CT molecular complexity index is 1030. The number of likely N-dealkylation sites (N-methyl/N-ethyl adjacent to an activating group) is 1. The number of aromatic hydroxyl groups is 1. The molecule has 1 aliphatic heterocycles. The first-order chi connectivity index (χ1) is 14.8. The Morgan fingerprint density at radius 1 is 1.06 bits per heavy atom. The number of hydrogen-bond donors (Lipinski definition) is 2. The number of benzene rings is 2. The highest BCUT2D eigenvalue weighted by atomic mass is 35.5. The van der Waals surface area contributed by atoms with Crippen molar-refractivity contribution in [3.05, 3.63) is 69.2 Å². The Morgan fingerprint density at radius 2 is 1.77 bits per heavy atom. The highest BCUT2D eigenvalue weighted by Gasteiger charge is 2.46. The van der Waals surface area contributed by atoms with Gasteiger partial charge in [-0.25, -0.2) is 0 Å². The van der Waals surface area contributed by atoms with E-state index in [9.17, 15) is 19.8 Å². The molecule has 0 saturated carbocycles. The second-order valence-corrected chi connectivity index (χ2v) is 8.06. The van der Waals surface area contributed by atoms with Gasteiger partial charge in [-0.1, -0.05) is 49.2 Å². The molecule has 164 valence electrons. The Kier molecular flexibility index (Phi) is 7.26. The number of amides is 1. The molecule has 1 unspecified atom stereocenters. The van der Waals surface area contributed by atoms with Crippen molar-refractivity contribution in [2.75, 3.05) is 26.2 Å². The van der Waals surface area contributed by atoms with Crippen LogP contribution in [0.25, 0.3) is 5.76 Å². The summed E-state index contributed by atoms with van der Waals surface area (Å²) in [4.78, 5) is 29.5. The average molecular weight is 463 g/mol. The van der Waals surface area contributed by atoms with Crippen LogP contribution in [0.15, 0.2) is 48.0 Å². The number of carbonyl (C=O) groups is 2. The van der Waals surface area contributed by atoms with Gasteiger partial charge < -0.3 is 20.0 Å². The number of Topliss-reactive ketones (excluding diaryl/α,β-unsaturated/α-hetero) is 1. The van der Waals surface area contributed by atoms with E-state index in [1.54, 1.807) is 12.1 Å². The van der Waals surface area contributed by atoms with Crippen molar-refractivity contribution in [2.45, 2.75) is 19.9 Å². The van der Waals surface area contributed by atoms with Crippen molar-refractivity contribution >= 4 is 40.7 Å². The second-order valence-electron chi connectivity index (χ2n) is 7.24. The first kappa shape index (κ1) is 23.1. The number of phenols is 1. The van der Waals surface area contributed by atoms with Crippen LogP contribution in [0, 0.1) is 0 Å². The van der Waals surface area contributed by atoms with Crippen LogP contribution in [0.3, 0.4) is 0 Å². The zero-order valence-corrected chi connectivity index (χ0v) is 18.8. The summed E-state index contributed by atoms with van der Waals surface area (Å²) in [6.45, 7) is 6.52. The zero-order chi connectivity index (χ0) is 22.7. The number of ketones is 1. The number of likely N-dealkylation sites (tertiary alicyclic amines) is 1. The third kappa shape index (κ3) is 4.71. The van der Waals surface area contributed by atoms with Crippen molar-refractivity contribution in [1.29, 1.82) is 0 Å². The lowest BCUT2D eigenvalue weighted by Crippen LogP contribution is -2.38. The maximum atomic E-state index is 13.0. The minimum Gasteiger partial charge on any atom is -0.508 e. The molecule has 0 bridgehead atoms. The van der Waals surface area contributed by atoms with Crippen LogP contribution in [-0.2, 0) is 9.59 Å². The Morgan fingerprint density at radius 3 is 2.39 bits per heavy atom. The maximum absolute atomic E-state index is 13.0. The molecular formula is C23H24Cl2N2O4. The molecule has 1 heterocycles. The van der Waals surface area contributed by atoms with Crippen LogP contribution in [-0.4, -0.2) is 57.9 Å². The van der Waals surface area contributed by atoms with Gasteiger partial charge in [0.1, 0.15) is 11.5 Å². The van der Waals surface area contributed by atoms with Crippen molar-refractivity contribution in [2.24, 2.45) is 0 Å². The van der Waals surface area contributed by atoms with E-state index in [4.69, 9.17) is 23.2 Å². The lowest BCUT2D eigenvalue weighted by atomic mass is 9.95. The van der Waals surface area contributed by atoms with Gasteiger partial charge in [-0.05, 0) is 49.0 Å². The van der Waals surface area contributed by atoms with E-state index >= 15 is 0 Å². The molecule has 31 heavy (non-hydrogen) atoms. The van der Waals surface area contributed by atoms with Gasteiger partial charge >= 0.3 is 0 Å². The summed E-state index contributed by atoms with van der Waals surface area (Å²) in [5.41, 5.74) is 0.759. The van der Waals surface area contributed by atoms with E-state index < -0.39 is 17.7 Å². The molecule has 8 heteroatoms. The number of rotatable bonds is 7. The van der Waals surface area contributed by atoms with Gasteiger partial charge in [-0.15, -0.1) is 0 Å². The largest absolute Gasteiger partial charge is 0.508 e. The van der Waals surface area contributed by atoms with Gasteiger partial charge in [0, 0.05) is 18.7 Å². The summed E-state index contributed by atoms with van der Waals surface area (Å²) in [5.74, 6) is -1.81. The molecular weight excluding hydrogens is 439 g/mol. The summed E-state index contributed by atoms with van der Waals surface area (Å²) in [5, 5.41) is 21.5. The first-order valence-corrected chi connectivity index (χ1v) is 10.8. The molecule has 2 aromatic carbocycles. The topological polar surface area (TPSA) is 81.1 Å². The highest BCUT2D eigenvalue weighted by molar-refractivity contribution is 6.46. The van der Waals surface area contributed by atoms with Crippen LogP contribution in [0.5, 0.6) is 5.75 Å². The molecule has 0 aliphatic carbocycles. The number of halogens is 2. The summed E-state index contributed by atoms with van der Waals surface area (Å²) in [6, 6.07) is 10.00. The quantitative estimate of drug-likeness (QED) is 0.360. The van der Waals surface area contributed by atoms with Crippen molar-refractivity contribution in [3.63, 3.8) is 0 Å². The summed E-state index contributed by atoms with van der Waals surface area (Å²) < 4.78 is 0. The van der Waals surface area contributed by atoms with Gasteiger partial charge in [0.25, 0.3) is 11.7 Å². The SMILES string of the molecule is CCN(CC)CCN1C(=O)C(=O)/C(=C(\O)c2ccc(Cl)c(Cl)c2)C1c1cccc(O)c1. The predicted molar refractivity (Wildman–Crippen MR) is 121 cm³/mol. The maximum Gasteiger partial charge on any atom is 0.295 e. The van der Waals surface area contributed by atoms with Crippen LogP contribution >= 0.6 is 23.2 Å². The van der Waals surface area contributed by atoms with Crippen LogP contribution in [0.2, 0.25) is 10.0 Å². The summed E-state index contributed by atoms with van der Waals surface area (Å²) in [6.07, 6.45) is 0. The number of phenolic OH excluding ortho intramolecular Hbond substituents is 1. The van der Waals surface area contributed by atoms with E-state index in [-0.39, 0.29) is 27.7 Å². The summed E-state index contributed by atoms with van der Waals surface area (Å²) >= 11 is 12.1. The third-order valence-corrected chi connectivity index (χ3v) is 6.21. The fourth-order valence-corrected chi connectivity index (χ4v) is 4.04. The molecule has 6 nitrogen and oxygen atoms in total. The average Bonchev–Trinajstić information content (AvgIpc) is 3.01. The second kappa shape index (κ2) is 9.73. The van der Waals surface area contributed by atoms with E-state index in [2.05, 4.69) is 4.90 Å². The molecule has 0 radical (unpaired) electrons. The molecule has 1 atom stereocenters. The van der Waals surface area contributed by atoms with Crippen molar-refractivity contribution < 1.29 is 19.8 Å². The Hall–Kier alpha value is -2.54. The van der Waals surface area contributed by atoms with E-state index in [1.165, 1.54) is 35.2 Å².